The maximum absolute atomic E-state index is 11.8. The maximum Gasteiger partial charge on any atom is 0.277 e. The molecular weight excluding hydrogens is 396 g/mol. The van der Waals surface area contributed by atoms with Crippen LogP contribution in [0.25, 0.3) is 20.9 Å². The Morgan fingerprint density at radius 3 is 2.81 bits per heavy atom. The Balaban J connectivity index is 1.62. The van der Waals surface area contributed by atoms with E-state index in [4.69, 9.17) is 16.0 Å². The number of nitrogens with zero attached hydrogens (tertiary/aromatic N) is 3. The topological polar surface area (TPSA) is 88.3 Å². The van der Waals surface area contributed by atoms with E-state index >= 15 is 0 Å². The lowest BCUT2D eigenvalue weighted by molar-refractivity contribution is -0.130. The molecule has 7 nitrogen and oxygen atoms in total. The zero-order valence-corrected chi connectivity index (χ0v) is 16.4. The summed E-state index contributed by atoms with van der Waals surface area (Å²) < 4.78 is 6.64. The van der Waals surface area contributed by atoms with Crippen LogP contribution in [-0.2, 0) is 9.59 Å². The number of hydrogen-bond donors (Lipinski definition) is 1. The normalized spacial score (nSPS) is 10.9. The molecular formula is C16H15ClN4O3S2. The molecule has 2 amide bonds. The fourth-order valence-electron chi connectivity index (χ4n) is 2.02. The van der Waals surface area contributed by atoms with Crippen LogP contribution in [0.3, 0.4) is 0 Å². The average Bonchev–Trinajstić information content (AvgIpc) is 3.22. The van der Waals surface area contributed by atoms with E-state index in [1.165, 1.54) is 16.2 Å². The van der Waals surface area contributed by atoms with E-state index in [1.807, 2.05) is 24.3 Å². The summed E-state index contributed by atoms with van der Waals surface area (Å²) in [5, 5.41) is 12.3. The standard InChI is InChI=1S/C16H15ClN4O3S2/c1-21(2)12(23)7-18-11(22)8-25-16-20-19-15(24-16)14-13(17)9-5-3-4-6-10(9)26-14/h3-6H,7-8H2,1-2H3,(H,18,22). The molecule has 1 N–H and O–H groups in total. The molecule has 0 fully saturated rings. The van der Waals surface area contributed by atoms with Crippen molar-refractivity contribution in [3.05, 3.63) is 29.3 Å². The molecule has 136 valence electrons. The molecule has 0 spiro atoms. The summed E-state index contributed by atoms with van der Waals surface area (Å²) in [5.41, 5.74) is 0. The highest BCUT2D eigenvalue weighted by Crippen LogP contribution is 2.41. The van der Waals surface area contributed by atoms with Crippen molar-refractivity contribution in [3.8, 4) is 10.8 Å². The number of halogens is 1. The van der Waals surface area contributed by atoms with Crippen LogP contribution in [0.4, 0.5) is 0 Å². The first kappa shape index (κ1) is 18.7. The van der Waals surface area contributed by atoms with E-state index < -0.39 is 0 Å². The summed E-state index contributed by atoms with van der Waals surface area (Å²) in [6.07, 6.45) is 0. The molecule has 0 atom stereocenters. The number of carbonyl (C=O) groups excluding carboxylic acids is 2. The maximum atomic E-state index is 11.8. The van der Waals surface area contributed by atoms with Gasteiger partial charge >= 0.3 is 0 Å². The molecule has 0 aliphatic heterocycles. The SMILES string of the molecule is CN(C)C(=O)CNC(=O)CSc1nnc(-c2sc3ccccc3c2Cl)o1. The molecule has 10 heteroatoms. The molecule has 0 saturated heterocycles. The summed E-state index contributed by atoms with van der Waals surface area (Å²) in [4.78, 5) is 25.3. The third kappa shape index (κ3) is 4.17. The molecule has 0 aliphatic carbocycles. The van der Waals surface area contributed by atoms with Crippen LogP contribution in [0, 0.1) is 0 Å². The molecule has 2 heterocycles. The number of thiophene rings is 1. The van der Waals surface area contributed by atoms with E-state index in [0.29, 0.717) is 15.8 Å². The van der Waals surface area contributed by atoms with E-state index in [0.717, 1.165) is 21.8 Å². The molecule has 2 aromatic heterocycles. The van der Waals surface area contributed by atoms with Gasteiger partial charge < -0.3 is 14.6 Å². The van der Waals surface area contributed by atoms with E-state index in [-0.39, 0.29) is 29.3 Å². The van der Waals surface area contributed by atoms with Crippen molar-refractivity contribution in [2.45, 2.75) is 5.22 Å². The fraction of sp³-hybridized carbons (Fsp3) is 0.250. The molecule has 1 aromatic carbocycles. The van der Waals surface area contributed by atoms with Crippen molar-refractivity contribution in [1.29, 1.82) is 0 Å². The van der Waals surface area contributed by atoms with Crippen LogP contribution < -0.4 is 5.32 Å². The van der Waals surface area contributed by atoms with Gasteiger partial charge in [-0.2, -0.15) is 0 Å². The Bertz CT molecular complexity index is 954. The van der Waals surface area contributed by atoms with Crippen molar-refractivity contribution < 1.29 is 14.0 Å². The summed E-state index contributed by atoms with van der Waals surface area (Å²) in [5.74, 6) is -0.0720. The second-order valence-corrected chi connectivity index (χ2v) is 7.82. The quantitative estimate of drug-likeness (QED) is 0.628. The second kappa shape index (κ2) is 8.07. The van der Waals surface area contributed by atoms with Crippen molar-refractivity contribution in [3.63, 3.8) is 0 Å². The molecule has 0 radical (unpaired) electrons. The Hall–Kier alpha value is -2.10. The molecule has 0 saturated carbocycles. The average molecular weight is 411 g/mol. The number of aromatic nitrogens is 2. The summed E-state index contributed by atoms with van der Waals surface area (Å²) in [6.45, 7) is -0.0428. The highest BCUT2D eigenvalue weighted by molar-refractivity contribution is 7.99. The Kier molecular flexibility index (Phi) is 5.80. The number of fused-ring (bicyclic) bond motifs is 1. The van der Waals surface area contributed by atoms with E-state index in [2.05, 4.69) is 15.5 Å². The number of likely N-dealkylation sites (N-methyl/N-ethyl adjacent to an activating group) is 1. The minimum Gasteiger partial charge on any atom is -0.410 e. The van der Waals surface area contributed by atoms with Crippen molar-refractivity contribution >= 4 is 56.6 Å². The highest BCUT2D eigenvalue weighted by Gasteiger charge is 2.18. The number of thioether (sulfide) groups is 1. The first-order valence-electron chi connectivity index (χ1n) is 7.56. The van der Waals surface area contributed by atoms with Gasteiger partial charge in [0.2, 0.25) is 11.8 Å². The van der Waals surface area contributed by atoms with Gasteiger partial charge in [0.15, 0.2) is 0 Å². The van der Waals surface area contributed by atoms with Gasteiger partial charge in [-0.15, -0.1) is 21.5 Å². The molecule has 0 aliphatic rings. The van der Waals surface area contributed by atoms with E-state index in [9.17, 15) is 9.59 Å². The van der Waals surface area contributed by atoms with Crippen LogP contribution in [-0.4, -0.2) is 53.3 Å². The number of amides is 2. The van der Waals surface area contributed by atoms with E-state index in [1.54, 1.807) is 14.1 Å². The molecule has 26 heavy (non-hydrogen) atoms. The van der Waals surface area contributed by atoms with Gasteiger partial charge in [-0.3, -0.25) is 9.59 Å². The number of carbonyl (C=O) groups is 2. The number of nitrogens with one attached hydrogen (secondary N) is 1. The minimum atomic E-state index is -0.287. The van der Waals surface area contributed by atoms with Gasteiger partial charge in [0.25, 0.3) is 11.1 Å². The smallest absolute Gasteiger partial charge is 0.277 e. The van der Waals surface area contributed by atoms with Crippen molar-refractivity contribution in [2.24, 2.45) is 0 Å². The number of hydrogen-bond acceptors (Lipinski definition) is 7. The largest absolute Gasteiger partial charge is 0.410 e. The Morgan fingerprint density at radius 2 is 2.08 bits per heavy atom. The lowest BCUT2D eigenvalue weighted by Gasteiger charge is -2.10. The predicted octanol–water partition coefficient (Wildman–Crippen LogP) is 2.90. The number of benzene rings is 1. The molecule has 0 unspecified atom stereocenters. The van der Waals surface area contributed by atoms with Gasteiger partial charge in [-0.25, -0.2) is 0 Å². The third-order valence-corrected chi connectivity index (χ3v) is 5.88. The zero-order valence-electron chi connectivity index (χ0n) is 14.0. The molecule has 3 rings (SSSR count). The fourth-order valence-corrected chi connectivity index (χ4v) is 4.05. The number of rotatable bonds is 6. The highest BCUT2D eigenvalue weighted by atomic mass is 35.5. The van der Waals surface area contributed by atoms with Crippen molar-refractivity contribution in [1.82, 2.24) is 20.4 Å². The van der Waals surface area contributed by atoms with Crippen LogP contribution in [0.5, 0.6) is 0 Å². The lowest BCUT2D eigenvalue weighted by atomic mass is 10.2. The van der Waals surface area contributed by atoms with Crippen molar-refractivity contribution in [2.75, 3.05) is 26.4 Å². The van der Waals surface area contributed by atoms with Crippen LogP contribution in [0.15, 0.2) is 33.9 Å². The Labute approximate surface area is 162 Å². The summed E-state index contributed by atoms with van der Waals surface area (Å²) in [7, 11) is 3.25. The third-order valence-electron chi connectivity index (χ3n) is 3.40. The van der Waals surface area contributed by atoms with Gasteiger partial charge in [-0.05, 0) is 6.07 Å². The van der Waals surface area contributed by atoms with Crippen LogP contribution in [0.1, 0.15) is 0 Å². The van der Waals surface area contributed by atoms with Crippen LogP contribution in [0.2, 0.25) is 5.02 Å². The van der Waals surface area contributed by atoms with Gasteiger partial charge in [-0.1, -0.05) is 41.6 Å². The van der Waals surface area contributed by atoms with Crippen LogP contribution >= 0.6 is 34.7 Å². The Morgan fingerprint density at radius 1 is 1.31 bits per heavy atom. The summed E-state index contributed by atoms with van der Waals surface area (Å²) >= 11 is 8.97. The van der Waals surface area contributed by atoms with Gasteiger partial charge in [0.05, 0.1) is 17.3 Å². The minimum absolute atomic E-state index is 0.0428. The molecule has 3 aromatic rings. The summed E-state index contributed by atoms with van der Waals surface area (Å²) in [6, 6.07) is 7.76. The predicted molar refractivity (Wildman–Crippen MR) is 103 cm³/mol. The monoisotopic (exact) mass is 410 g/mol. The lowest BCUT2D eigenvalue weighted by Crippen LogP contribution is -2.36. The first-order chi connectivity index (χ1) is 12.5. The van der Waals surface area contributed by atoms with Gasteiger partial charge in [0, 0.05) is 24.2 Å². The zero-order chi connectivity index (χ0) is 18.7. The first-order valence-corrected chi connectivity index (χ1v) is 9.74. The molecule has 0 bridgehead atoms. The second-order valence-electron chi connectivity index (χ2n) is 5.47. The van der Waals surface area contributed by atoms with Gasteiger partial charge in [0.1, 0.15) is 4.88 Å².